The second kappa shape index (κ2) is 7.29. The van der Waals surface area contributed by atoms with Crippen molar-refractivity contribution in [2.75, 3.05) is 11.9 Å². The highest BCUT2D eigenvalue weighted by Gasteiger charge is 2.34. The maximum absolute atomic E-state index is 5.97. The number of nitrogens with two attached hydrogens (primary N) is 1. The molecule has 3 N–H and O–H groups in total. The van der Waals surface area contributed by atoms with E-state index in [2.05, 4.69) is 43.2 Å². The van der Waals surface area contributed by atoms with Gasteiger partial charge in [-0.2, -0.15) is 0 Å². The molecule has 0 radical (unpaired) electrons. The van der Waals surface area contributed by atoms with Crippen molar-refractivity contribution in [3.8, 4) is 0 Å². The van der Waals surface area contributed by atoms with Crippen LogP contribution in [-0.4, -0.2) is 12.5 Å². The number of guanidine groups is 1. The van der Waals surface area contributed by atoms with Crippen LogP contribution >= 0.6 is 24.0 Å². The van der Waals surface area contributed by atoms with Crippen molar-refractivity contribution in [1.29, 1.82) is 0 Å². The molecule has 20 heavy (non-hydrogen) atoms. The minimum Gasteiger partial charge on any atom is -0.370 e. The Bertz CT molecular complexity index is 473. The molecule has 3 nitrogen and oxygen atoms in total. The van der Waals surface area contributed by atoms with Gasteiger partial charge in [0.15, 0.2) is 5.96 Å². The third-order valence-electron chi connectivity index (χ3n) is 4.53. The molecule has 4 heteroatoms. The first-order valence-electron chi connectivity index (χ1n) is 7.19. The van der Waals surface area contributed by atoms with E-state index in [-0.39, 0.29) is 24.0 Å². The molecule has 112 valence electrons. The molecule has 1 aromatic rings. The Kier molecular flexibility index (Phi) is 6.30. The van der Waals surface area contributed by atoms with Crippen molar-refractivity contribution in [3.05, 3.63) is 29.3 Å². The molecular formula is C16H26IN3. The van der Waals surface area contributed by atoms with Gasteiger partial charge in [0.25, 0.3) is 0 Å². The summed E-state index contributed by atoms with van der Waals surface area (Å²) < 4.78 is 0. The molecule has 0 atom stereocenters. The van der Waals surface area contributed by atoms with E-state index in [0.29, 0.717) is 11.4 Å². The van der Waals surface area contributed by atoms with Crippen LogP contribution in [0.2, 0.25) is 0 Å². The quantitative estimate of drug-likeness (QED) is 0.462. The van der Waals surface area contributed by atoms with Crippen LogP contribution in [0.1, 0.15) is 43.7 Å². The number of benzene rings is 1. The zero-order valence-corrected chi connectivity index (χ0v) is 15.0. The van der Waals surface area contributed by atoms with E-state index in [1.807, 2.05) is 6.07 Å². The molecule has 1 aliphatic carbocycles. The molecule has 1 fully saturated rings. The highest BCUT2D eigenvalue weighted by molar-refractivity contribution is 14.0. The van der Waals surface area contributed by atoms with E-state index in [1.54, 1.807) is 0 Å². The smallest absolute Gasteiger partial charge is 0.193 e. The topological polar surface area (TPSA) is 50.4 Å². The number of hydrogen-bond acceptors (Lipinski definition) is 1. The third kappa shape index (κ3) is 4.11. The second-order valence-electron chi connectivity index (χ2n) is 5.83. The molecule has 0 aromatic heterocycles. The van der Waals surface area contributed by atoms with E-state index in [4.69, 9.17) is 5.73 Å². The molecule has 0 heterocycles. The van der Waals surface area contributed by atoms with Gasteiger partial charge < -0.3 is 11.1 Å². The van der Waals surface area contributed by atoms with Gasteiger partial charge in [-0.15, -0.1) is 24.0 Å². The molecule has 0 bridgehead atoms. The monoisotopic (exact) mass is 387 g/mol. The van der Waals surface area contributed by atoms with Crippen LogP contribution in [0.4, 0.5) is 5.69 Å². The predicted molar refractivity (Wildman–Crippen MR) is 98.0 cm³/mol. The first kappa shape index (κ1) is 17.3. The molecule has 1 aromatic carbocycles. The number of hydrogen-bond donors (Lipinski definition) is 2. The van der Waals surface area contributed by atoms with Gasteiger partial charge in [0.1, 0.15) is 0 Å². The summed E-state index contributed by atoms with van der Waals surface area (Å²) in [6.45, 7) is 7.32. The number of nitrogens with one attached hydrogen (secondary N) is 1. The lowest BCUT2D eigenvalue weighted by Crippen LogP contribution is -2.33. The number of anilines is 1. The highest BCUT2D eigenvalue weighted by Crippen LogP contribution is 2.43. The summed E-state index contributed by atoms with van der Waals surface area (Å²) in [4.78, 5) is 4.52. The Balaban J connectivity index is 0.00000200. The Morgan fingerprint density at radius 1 is 1.30 bits per heavy atom. The van der Waals surface area contributed by atoms with Gasteiger partial charge in [0.2, 0.25) is 0 Å². The zero-order valence-electron chi connectivity index (χ0n) is 12.7. The molecular weight excluding hydrogens is 361 g/mol. The average Bonchev–Trinajstić information content (AvgIpc) is 2.33. The molecule has 0 amide bonds. The van der Waals surface area contributed by atoms with Crippen LogP contribution in [-0.2, 0) is 0 Å². The van der Waals surface area contributed by atoms with Crippen molar-refractivity contribution in [3.63, 3.8) is 0 Å². The summed E-state index contributed by atoms with van der Waals surface area (Å²) in [5.74, 6) is 0.531. The van der Waals surface area contributed by atoms with Crippen LogP contribution in [0.5, 0.6) is 0 Å². The average molecular weight is 387 g/mol. The van der Waals surface area contributed by atoms with Gasteiger partial charge >= 0.3 is 0 Å². The zero-order chi connectivity index (χ0) is 13.9. The van der Waals surface area contributed by atoms with Gasteiger partial charge in [-0.1, -0.05) is 19.4 Å². The first-order valence-corrected chi connectivity index (χ1v) is 7.19. The summed E-state index contributed by atoms with van der Waals surface area (Å²) in [5.41, 5.74) is 9.97. The second-order valence-corrected chi connectivity index (χ2v) is 5.83. The standard InChI is InChI=1S/C16H25N3.HI/c1-4-16(8-5-9-16)11-18-15(17)19-14-7-6-12(2)13(3)10-14;/h6-7,10H,4-5,8-9,11H2,1-3H3,(H3,17,18,19);1H. The van der Waals surface area contributed by atoms with Gasteiger partial charge in [-0.3, -0.25) is 4.99 Å². The van der Waals surface area contributed by atoms with Gasteiger partial charge in [0, 0.05) is 12.2 Å². The molecule has 1 aliphatic rings. The van der Waals surface area contributed by atoms with Crippen LogP contribution in [0, 0.1) is 19.3 Å². The van der Waals surface area contributed by atoms with Crippen molar-refractivity contribution >= 4 is 35.6 Å². The number of rotatable bonds is 4. The van der Waals surface area contributed by atoms with Crippen molar-refractivity contribution in [1.82, 2.24) is 0 Å². The Hall–Kier alpha value is -0.780. The fourth-order valence-corrected chi connectivity index (χ4v) is 2.56. The maximum Gasteiger partial charge on any atom is 0.193 e. The lowest BCUT2D eigenvalue weighted by Gasteiger charge is -2.40. The number of aliphatic imine (C=N–C) groups is 1. The highest BCUT2D eigenvalue weighted by atomic mass is 127. The van der Waals surface area contributed by atoms with Gasteiger partial charge in [-0.25, -0.2) is 0 Å². The van der Waals surface area contributed by atoms with Gasteiger partial charge in [0.05, 0.1) is 0 Å². The van der Waals surface area contributed by atoms with Crippen molar-refractivity contribution < 1.29 is 0 Å². The lowest BCUT2D eigenvalue weighted by atomic mass is 9.67. The fraction of sp³-hybridized carbons (Fsp3) is 0.562. The van der Waals surface area contributed by atoms with E-state index in [1.165, 1.54) is 36.8 Å². The van der Waals surface area contributed by atoms with Crippen molar-refractivity contribution in [2.45, 2.75) is 46.5 Å². The molecule has 2 rings (SSSR count). The molecule has 0 aliphatic heterocycles. The Morgan fingerprint density at radius 3 is 2.50 bits per heavy atom. The molecule has 0 saturated heterocycles. The lowest BCUT2D eigenvalue weighted by molar-refractivity contribution is 0.139. The number of halogens is 1. The normalized spacial score (nSPS) is 17.1. The SMILES string of the molecule is CCC1(CN=C(N)Nc2ccc(C)c(C)c2)CCC1.I. The largest absolute Gasteiger partial charge is 0.370 e. The van der Waals surface area contributed by atoms with Crippen LogP contribution in [0.3, 0.4) is 0 Å². The Morgan fingerprint density at radius 2 is 2.00 bits per heavy atom. The van der Waals surface area contributed by atoms with Crippen LogP contribution in [0.25, 0.3) is 0 Å². The van der Waals surface area contributed by atoms with Crippen LogP contribution in [0.15, 0.2) is 23.2 Å². The van der Waals surface area contributed by atoms with Crippen LogP contribution < -0.4 is 11.1 Å². The summed E-state index contributed by atoms with van der Waals surface area (Å²) in [7, 11) is 0. The predicted octanol–water partition coefficient (Wildman–Crippen LogP) is 4.23. The van der Waals surface area contributed by atoms with Crippen molar-refractivity contribution in [2.24, 2.45) is 16.1 Å². The van der Waals surface area contributed by atoms with E-state index in [0.717, 1.165) is 12.2 Å². The molecule has 1 saturated carbocycles. The summed E-state index contributed by atoms with van der Waals surface area (Å²) >= 11 is 0. The maximum atomic E-state index is 5.97. The fourth-order valence-electron chi connectivity index (χ4n) is 2.56. The minimum atomic E-state index is 0. The number of nitrogens with zero attached hydrogens (tertiary/aromatic N) is 1. The Labute approximate surface area is 139 Å². The molecule has 0 unspecified atom stereocenters. The van der Waals surface area contributed by atoms with E-state index >= 15 is 0 Å². The van der Waals surface area contributed by atoms with E-state index < -0.39 is 0 Å². The third-order valence-corrected chi connectivity index (χ3v) is 4.53. The van der Waals surface area contributed by atoms with Gasteiger partial charge in [-0.05, 0) is 61.8 Å². The first-order chi connectivity index (χ1) is 9.04. The van der Waals surface area contributed by atoms with E-state index in [9.17, 15) is 0 Å². The summed E-state index contributed by atoms with van der Waals surface area (Å²) in [5, 5.41) is 3.18. The number of aryl methyl sites for hydroxylation is 2. The summed E-state index contributed by atoms with van der Waals surface area (Å²) in [6, 6.07) is 6.25. The minimum absolute atomic E-state index is 0. The summed E-state index contributed by atoms with van der Waals surface area (Å²) in [6.07, 6.45) is 5.13. The molecule has 0 spiro atoms.